The average molecular weight is 456 g/mol. The molecule has 1 aromatic carbocycles. The largest absolute Gasteiger partial charge is 0.486 e. The number of rotatable bonds is 6. The average Bonchev–Trinajstić information content (AvgIpc) is 2.54. The van der Waals surface area contributed by atoms with Crippen LogP contribution in [0.1, 0.15) is 12.0 Å². The van der Waals surface area contributed by atoms with Crippen LogP contribution < -0.4 is 20.1 Å². The zero-order chi connectivity index (χ0) is 15.8. The first kappa shape index (κ1) is 20.1. The normalized spacial score (nSPS) is 13.3. The molecule has 23 heavy (non-hydrogen) atoms. The molecule has 1 aromatic rings. The van der Waals surface area contributed by atoms with Crippen LogP contribution in [0.3, 0.4) is 0 Å². The number of benzene rings is 1. The van der Waals surface area contributed by atoms with Gasteiger partial charge in [0.25, 0.3) is 0 Å². The van der Waals surface area contributed by atoms with E-state index in [1.165, 1.54) is 0 Å². The lowest BCUT2D eigenvalue weighted by atomic mass is 10.2. The molecule has 0 aliphatic carbocycles. The lowest BCUT2D eigenvalue weighted by Gasteiger charge is -2.20. The first-order valence-electron chi connectivity index (χ1n) is 7.26. The van der Waals surface area contributed by atoms with Crippen LogP contribution in [-0.4, -0.2) is 46.5 Å². The Bertz CT molecular complexity index is 529. The number of nitrogens with one attached hydrogen (secondary N) is 2. The summed E-state index contributed by atoms with van der Waals surface area (Å²) in [5.74, 6) is 2.06. The number of fused-ring (bicyclic) bond motifs is 1. The first-order chi connectivity index (χ1) is 10.7. The van der Waals surface area contributed by atoms with Gasteiger partial charge in [0.05, 0.1) is 5.02 Å². The summed E-state index contributed by atoms with van der Waals surface area (Å²) >= 11 is 6.22. The van der Waals surface area contributed by atoms with Crippen molar-refractivity contribution >= 4 is 41.5 Å². The Morgan fingerprint density at radius 2 is 2.09 bits per heavy atom. The molecule has 6 nitrogen and oxygen atoms in total. The number of halogens is 2. The highest BCUT2D eigenvalue weighted by molar-refractivity contribution is 14.0. The summed E-state index contributed by atoms with van der Waals surface area (Å²) in [4.78, 5) is 4.18. The van der Waals surface area contributed by atoms with Gasteiger partial charge in [-0.2, -0.15) is 0 Å². The fourth-order valence-electron chi connectivity index (χ4n) is 2.10. The van der Waals surface area contributed by atoms with Gasteiger partial charge >= 0.3 is 0 Å². The minimum absolute atomic E-state index is 0. The summed E-state index contributed by atoms with van der Waals surface area (Å²) in [6.45, 7) is 3.20. The fraction of sp³-hybridized carbons (Fsp3) is 0.533. The van der Waals surface area contributed by atoms with Crippen molar-refractivity contribution in [2.24, 2.45) is 4.99 Å². The van der Waals surface area contributed by atoms with Crippen molar-refractivity contribution in [1.29, 1.82) is 0 Å². The Kier molecular flexibility index (Phi) is 9.42. The molecule has 2 N–H and O–H groups in total. The Morgan fingerprint density at radius 1 is 1.30 bits per heavy atom. The molecular weight excluding hydrogens is 433 g/mol. The minimum Gasteiger partial charge on any atom is -0.486 e. The molecule has 0 unspecified atom stereocenters. The SMILES string of the molecule is CN=C(NCCCOC)NCc1cc(Cl)c2c(c1)OCCO2.I. The Hall–Kier alpha value is -0.930. The van der Waals surface area contributed by atoms with Crippen LogP contribution in [0.25, 0.3) is 0 Å². The summed E-state index contributed by atoms with van der Waals surface area (Å²) in [5.41, 5.74) is 1.01. The van der Waals surface area contributed by atoms with Gasteiger partial charge in [0, 0.05) is 33.9 Å². The molecule has 0 spiro atoms. The van der Waals surface area contributed by atoms with Crippen molar-refractivity contribution in [2.45, 2.75) is 13.0 Å². The molecule has 130 valence electrons. The van der Waals surface area contributed by atoms with Gasteiger partial charge in [0.15, 0.2) is 17.5 Å². The maximum atomic E-state index is 6.22. The molecule has 0 aromatic heterocycles. The maximum Gasteiger partial charge on any atom is 0.191 e. The van der Waals surface area contributed by atoms with Gasteiger partial charge in [-0.15, -0.1) is 24.0 Å². The van der Waals surface area contributed by atoms with E-state index < -0.39 is 0 Å². The molecule has 0 saturated carbocycles. The molecule has 1 heterocycles. The number of nitrogens with zero attached hydrogens (tertiary/aromatic N) is 1. The van der Waals surface area contributed by atoms with E-state index in [2.05, 4.69) is 15.6 Å². The van der Waals surface area contributed by atoms with Crippen LogP contribution in [0.15, 0.2) is 17.1 Å². The monoisotopic (exact) mass is 455 g/mol. The van der Waals surface area contributed by atoms with E-state index in [1.54, 1.807) is 14.2 Å². The highest BCUT2D eigenvalue weighted by atomic mass is 127. The summed E-state index contributed by atoms with van der Waals surface area (Å²) in [7, 11) is 3.43. The van der Waals surface area contributed by atoms with Crippen LogP contribution in [0.2, 0.25) is 5.02 Å². The van der Waals surface area contributed by atoms with Crippen molar-refractivity contribution in [3.05, 3.63) is 22.7 Å². The smallest absolute Gasteiger partial charge is 0.191 e. The lowest BCUT2D eigenvalue weighted by molar-refractivity contribution is 0.171. The number of hydrogen-bond acceptors (Lipinski definition) is 4. The van der Waals surface area contributed by atoms with E-state index in [9.17, 15) is 0 Å². The minimum atomic E-state index is 0. The molecular formula is C15H23ClIN3O3. The van der Waals surface area contributed by atoms with Gasteiger partial charge in [0.2, 0.25) is 0 Å². The molecule has 0 amide bonds. The van der Waals surface area contributed by atoms with Gasteiger partial charge in [-0.05, 0) is 24.1 Å². The molecule has 0 atom stereocenters. The summed E-state index contributed by atoms with van der Waals surface area (Å²) < 4.78 is 16.1. The summed E-state index contributed by atoms with van der Waals surface area (Å²) in [6.07, 6.45) is 0.924. The number of methoxy groups -OCH3 is 1. The van der Waals surface area contributed by atoms with E-state index in [0.717, 1.165) is 31.1 Å². The summed E-state index contributed by atoms with van der Waals surface area (Å²) in [6, 6.07) is 3.81. The van der Waals surface area contributed by atoms with Crippen molar-refractivity contribution in [1.82, 2.24) is 10.6 Å². The summed E-state index contributed by atoms with van der Waals surface area (Å²) in [5, 5.41) is 7.03. The van der Waals surface area contributed by atoms with Crippen molar-refractivity contribution < 1.29 is 14.2 Å². The topological polar surface area (TPSA) is 64.1 Å². The van der Waals surface area contributed by atoms with Gasteiger partial charge in [0.1, 0.15) is 13.2 Å². The van der Waals surface area contributed by atoms with Crippen molar-refractivity contribution in [2.75, 3.05) is 40.5 Å². The van der Waals surface area contributed by atoms with Crippen LogP contribution >= 0.6 is 35.6 Å². The van der Waals surface area contributed by atoms with E-state index >= 15 is 0 Å². The molecule has 0 bridgehead atoms. The first-order valence-corrected chi connectivity index (χ1v) is 7.64. The second kappa shape index (κ2) is 10.8. The van der Waals surface area contributed by atoms with Crippen LogP contribution in [0, 0.1) is 0 Å². The second-order valence-electron chi connectivity index (χ2n) is 4.80. The zero-order valence-electron chi connectivity index (χ0n) is 13.4. The molecule has 0 saturated heterocycles. The second-order valence-corrected chi connectivity index (χ2v) is 5.21. The van der Waals surface area contributed by atoms with E-state index in [0.29, 0.717) is 36.3 Å². The van der Waals surface area contributed by atoms with Crippen LogP contribution in [0.4, 0.5) is 0 Å². The van der Waals surface area contributed by atoms with Crippen molar-refractivity contribution in [3.63, 3.8) is 0 Å². The highest BCUT2D eigenvalue weighted by Gasteiger charge is 2.16. The Labute approximate surface area is 158 Å². The lowest BCUT2D eigenvalue weighted by Crippen LogP contribution is -2.37. The number of aliphatic imine (C=N–C) groups is 1. The van der Waals surface area contributed by atoms with Gasteiger partial charge in [-0.1, -0.05) is 11.6 Å². The Morgan fingerprint density at radius 3 is 2.83 bits per heavy atom. The van der Waals surface area contributed by atoms with Gasteiger partial charge < -0.3 is 24.8 Å². The third-order valence-electron chi connectivity index (χ3n) is 3.16. The molecule has 1 aliphatic rings. The third-order valence-corrected chi connectivity index (χ3v) is 3.44. The molecule has 0 fully saturated rings. The van der Waals surface area contributed by atoms with Gasteiger partial charge in [-0.3, -0.25) is 4.99 Å². The predicted molar refractivity (Wildman–Crippen MR) is 103 cm³/mol. The van der Waals surface area contributed by atoms with E-state index in [4.69, 9.17) is 25.8 Å². The zero-order valence-corrected chi connectivity index (χ0v) is 16.4. The van der Waals surface area contributed by atoms with E-state index in [-0.39, 0.29) is 24.0 Å². The van der Waals surface area contributed by atoms with E-state index in [1.807, 2.05) is 12.1 Å². The maximum absolute atomic E-state index is 6.22. The standard InChI is InChI=1S/C15H22ClN3O3.HI/c1-17-15(18-4-3-5-20-2)19-10-11-8-12(16)14-13(9-11)21-6-7-22-14;/h8-9H,3-7,10H2,1-2H3,(H2,17,18,19);1H. The van der Waals surface area contributed by atoms with Crippen molar-refractivity contribution in [3.8, 4) is 11.5 Å². The highest BCUT2D eigenvalue weighted by Crippen LogP contribution is 2.38. The Balaban J connectivity index is 0.00000264. The quantitative estimate of drug-likeness (QED) is 0.299. The fourth-order valence-corrected chi connectivity index (χ4v) is 2.38. The number of hydrogen-bond donors (Lipinski definition) is 2. The molecule has 8 heteroatoms. The number of ether oxygens (including phenoxy) is 3. The molecule has 1 aliphatic heterocycles. The van der Waals surface area contributed by atoms with Gasteiger partial charge in [-0.25, -0.2) is 0 Å². The molecule has 2 rings (SSSR count). The third kappa shape index (κ3) is 6.23. The predicted octanol–water partition coefficient (Wildman–Crippen LogP) is 2.43. The van der Waals surface area contributed by atoms with Crippen LogP contribution in [-0.2, 0) is 11.3 Å². The number of guanidine groups is 1. The van der Waals surface area contributed by atoms with Crippen LogP contribution in [0.5, 0.6) is 11.5 Å². The molecule has 0 radical (unpaired) electrons.